The van der Waals surface area contributed by atoms with Crippen molar-refractivity contribution < 1.29 is 4.79 Å². The van der Waals surface area contributed by atoms with E-state index < -0.39 is 5.91 Å². The van der Waals surface area contributed by atoms with Gasteiger partial charge in [-0.2, -0.15) is 0 Å². The van der Waals surface area contributed by atoms with Crippen LogP contribution in [-0.2, 0) is 0 Å². The van der Waals surface area contributed by atoms with Gasteiger partial charge < -0.3 is 5.32 Å². The van der Waals surface area contributed by atoms with E-state index in [-0.39, 0.29) is 10.1 Å². The molecule has 0 aromatic heterocycles. The minimum absolute atomic E-state index is 0.185. The van der Waals surface area contributed by atoms with Gasteiger partial charge in [-0.3, -0.25) is 10.1 Å². The van der Waals surface area contributed by atoms with Crippen LogP contribution < -0.4 is 10.6 Å². The summed E-state index contributed by atoms with van der Waals surface area (Å²) in [5.41, 5.74) is 3.13. The maximum absolute atomic E-state index is 12.4. The van der Waals surface area contributed by atoms with Crippen LogP contribution in [0.1, 0.15) is 10.4 Å². The lowest BCUT2D eigenvalue weighted by Gasteiger charge is -2.14. The molecule has 0 aliphatic rings. The summed E-state index contributed by atoms with van der Waals surface area (Å²) in [4.78, 5) is 12.4. The van der Waals surface area contributed by atoms with Crippen LogP contribution in [0.4, 0.5) is 5.69 Å². The fraction of sp³-hybridized carbons (Fsp3) is 0. The Morgan fingerprint density at radius 2 is 1.58 bits per heavy atom. The third-order valence-electron chi connectivity index (χ3n) is 3.66. The summed E-state index contributed by atoms with van der Waals surface area (Å²) in [6.07, 6.45) is 0. The minimum Gasteiger partial charge on any atom is -0.332 e. The van der Waals surface area contributed by atoms with Gasteiger partial charge in [0.15, 0.2) is 5.11 Å². The monoisotopic (exact) mass is 400 g/mol. The topological polar surface area (TPSA) is 41.1 Å². The standard InChI is InChI=1S/C20H14Cl2N2OS/c21-14-10-11-16(17(22)12-14)19(25)24-20(26)23-18-9-5-4-8-15(18)13-6-2-1-3-7-13/h1-12H,(H2,23,24,25,26). The highest BCUT2D eigenvalue weighted by Gasteiger charge is 2.13. The summed E-state index contributed by atoms with van der Waals surface area (Å²) in [7, 11) is 0. The van der Waals surface area contributed by atoms with Gasteiger partial charge >= 0.3 is 0 Å². The smallest absolute Gasteiger partial charge is 0.258 e. The number of carbonyl (C=O) groups excluding carboxylic acids is 1. The molecule has 0 bridgehead atoms. The number of para-hydroxylation sites is 1. The predicted molar refractivity (Wildman–Crippen MR) is 112 cm³/mol. The second-order valence-corrected chi connectivity index (χ2v) is 6.70. The summed E-state index contributed by atoms with van der Waals surface area (Å²) in [5, 5.41) is 6.62. The van der Waals surface area contributed by atoms with Crippen LogP contribution in [0.5, 0.6) is 0 Å². The Hall–Kier alpha value is -2.40. The first-order chi connectivity index (χ1) is 12.5. The molecule has 0 saturated heterocycles. The van der Waals surface area contributed by atoms with E-state index in [0.29, 0.717) is 10.6 Å². The van der Waals surface area contributed by atoms with Crippen molar-refractivity contribution in [2.24, 2.45) is 0 Å². The van der Waals surface area contributed by atoms with Gasteiger partial charge in [0.05, 0.1) is 10.6 Å². The van der Waals surface area contributed by atoms with E-state index in [1.54, 1.807) is 12.1 Å². The molecule has 0 saturated carbocycles. The minimum atomic E-state index is -0.402. The summed E-state index contributed by atoms with van der Waals surface area (Å²) in [5.74, 6) is -0.402. The number of hydrogen-bond acceptors (Lipinski definition) is 2. The van der Waals surface area contributed by atoms with Gasteiger partial charge in [0, 0.05) is 16.3 Å². The first-order valence-electron chi connectivity index (χ1n) is 7.76. The summed E-state index contributed by atoms with van der Waals surface area (Å²) >= 11 is 17.2. The molecule has 2 N–H and O–H groups in total. The molecule has 0 fully saturated rings. The Morgan fingerprint density at radius 3 is 2.31 bits per heavy atom. The van der Waals surface area contributed by atoms with Crippen molar-refractivity contribution in [2.45, 2.75) is 0 Å². The number of anilines is 1. The lowest BCUT2D eigenvalue weighted by molar-refractivity contribution is 0.0978. The molecule has 0 aliphatic heterocycles. The van der Waals surface area contributed by atoms with Crippen LogP contribution >= 0.6 is 35.4 Å². The molecule has 130 valence electrons. The molecule has 0 atom stereocenters. The maximum Gasteiger partial charge on any atom is 0.258 e. The Labute approximate surface area is 167 Å². The van der Waals surface area contributed by atoms with Crippen molar-refractivity contribution in [1.82, 2.24) is 5.32 Å². The second kappa shape index (κ2) is 8.32. The summed E-state index contributed by atoms with van der Waals surface area (Å²) < 4.78 is 0. The van der Waals surface area contributed by atoms with Gasteiger partial charge in [-0.15, -0.1) is 0 Å². The largest absolute Gasteiger partial charge is 0.332 e. The predicted octanol–water partition coefficient (Wildman–Crippen LogP) is 5.79. The molecular weight excluding hydrogens is 387 g/mol. The van der Waals surface area contributed by atoms with Crippen LogP contribution in [0.3, 0.4) is 0 Å². The van der Waals surface area contributed by atoms with Crippen molar-refractivity contribution in [1.29, 1.82) is 0 Å². The van der Waals surface area contributed by atoms with Crippen molar-refractivity contribution in [2.75, 3.05) is 5.32 Å². The number of nitrogens with one attached hydrogen (secondary N) is 2. The molecule has 0 radical (unpaired) electrons. The zero-order valence-corrected chi connectivity index (χ0v) is 15.8. The van der Waals surface area contributed by atoms with Gasteiger partial charge in [0.1, 0.15) is 0 Å². The van der Waals surface area contributed by atoms with Gasteiger partial charge in [0.2, 0.25) is 0 Å². The summed E-state index contributed by atoms with van der Waals surface area (Å²) in [6, 6.07) is 22.3. The van der Waals surface area contributed by atoms with E-state index in [4.69, 9.17) is 35.4 Å². The highest BCUT2D eigenvalue weighted by atomic mass is 35.5. The van der Waals surface area contributed by atoms with Crippen molar-refractivity contribution in [3.8, 4) is 11.1 Å². The van der Waals surface area contributed by atoms with Crippen LogP contribution in [0.15, 0.2) is 72.8 Å². The lowest BCUT2D eigenvalue weighted by Crippen LogP contribution is -2.34. The average molecular weight is 401 g/mol. The number of halogens is 2. The van der Waals surface area contributed by atoms with Crippen LogP contribution in [0.2, 0.25) is 10.0 Å². The maximum atomic E-state index is 12.4. The van der Waals surface area contributed by atoms with E-state index in [0.717, 1.165) is 16.8 Å². The van der Waals surface area contributed by atoms with E-state index in [1.165, 1.54) is 6.07 Å². The highest BCUT2D eigenvalue weighted by Crippen LogP contribution is 2.27. The molecular formula is C20H14Cl2N2OS. The molecule has 0 spiro atoms. The molecule has 3 nitrogen and oxygen atoms in total. The Bertz CT molecular complexity index is 961. The van der Waals surface area contributed by atoms with Crippen LogP contribution in [0, 0.1) is 0 Å². The quantitative estimate of drug-likeness (QED) is 0.546. The van der Waals surface area contributed by atoms with Gasteiger partial charge in [-0.1, -0.05) is 71.7 Å². The zero-order valence-electron chi connectivity index (χ0n) is 13.5. The number of hydrogen-bond donors (Lipinski definition) is 2. The zero-order chi connectivity index (χ0) is 18.5. The Kier molecular flexibility index (Phi) is 5.89. The molecule has 0 aliphatic carbocycles. The molecule has 1 amide bonds. The lowest BCUT2D eigenvalue weighted by atomic mass is 10.0. The first-order valence-corrected chi connectivity index (χ1v) is 8.93. The molecule has 3 aromatic rings. The number of carbonyl (C=O) groups is 1. The van der Waals surface area contributed by atoms with E-state index >= 15 is 0 Å². The fourth-order valence-electron chi connectivity index (χ4n) is 2.46. The average Bonchev–Trinajstić information content (AvgIpc) is 2.62. The van der Waals surface area contributed by atoms with E-state index in [1.807, 2.05) is 54.6 Å². The second-order valence-electron chi connectivity index (χ2n) is 5.44. The normalized spacial score (nSPS) is 10.2. The Balaban J connectivity index is 1.76. The highest BCUT2D eigenvalue weighted by molar-refractivity contribution is 7.80. The van der Waals surface area contributed by atoms with E-state index in [9.17, 15) is 4.79 Å². The van der Waals surface area contributed by atoms with Crippen LogP contribution in [0.25, 0.3) is 11.1 Å². The number of benzene rings is 3. The van der Waals surface area contributed by atoms with Gasteiger partial charge in [-0.25, -0.2) is 0 Å². The van der Waals surface area contributed by atoms with Gasteiger partial charge in [-0.05, 0) is 42.0 Å². The molecule has 26 heavy (non-hydrogen) atoms. The van der Waals surface area contributed by atoms with Crippen molar-refractivity contribution in [3.05, 3.63) is 88.4 Å². The van der Waals surface area contributed by atoms with Crippen molar-refractivity contribution in [3.63, 3.8) is 0 Å². The SMILES string of the molecule is O=C(NC(=S)Nc1ccccc1-c1ccccc1)c1ccc(Cl)cc1Cl. The van der Waals surface area contributed by atoms with Crippen LogP contribution in [-0.4, -0.2) is 11.0 Å². The molecule has 0 heterocycles. The molecule has 3 aromatic carbocycles. The van der Waals surface area contributed by atoms with Crippen molar-refractivity contribution >= 4 is 52.1 Å². The number of rotatable bonds is 3. The van der Waals surface area contributed by atoms with E-state index in [2.05, 4.69) is 10.6 Å². The molecule has 6 heteroatoms. The third-order valence-corrected chi connectivity index (χ3v) is 4.41. The van der Waals surface area contributed by atoms with Gasteiger partial charge in [0.25, 0.3) is 5.91 Å². The summed E-state index contributed by atoms with van der Waals surface area (Å²) in [6.45, 7) is 0. The molecule has 0 unspecified atom stereocenters. The third kappa shape index (κ3) is 4.41. The fourth-order valence-corrected chi connectivity index (χ4v) is 3.16. The number of amides is 1. The first kappa shape index (κ1) is 18.4. The number of thiocarbonyl (C=S) groups is 1. The Morgan fingerprint density at radius 1 is 0.885 bits per heavy atom. The molecule has 3 rings (SSSR count).